The molecule has 1 aliphatic rings. The fraction of sp³-hybridized carbons (Fsp3) is 0.409. The molecule has 0 bridgehead atoms. The van der Waals surface area contributed by atoms with Gasteiger partial charge >= 0.3 is 0 Å². The number of anilines is 2. The summed E-state index contributed by atoms with van der Waals surface area (Å²) in [6.45, 7) is 9.86. The van der Waals surface area contributed by atoms with Crippen LogP contribution in [-0.2, 0) is 10.2 Å². The van der Waals surface area contributed by atoms with Crippen molar-refractivity contribution in [3.8, 4) is 6.07 Å². The topological polar surface area (TPSA) is 72.3 Å². The summed E-state index contributed by atoms with van der Waals surface area (Å²) in [5.41, 5.74) is 2.67. The van der Waals surface area contributed by atoms with Gasteiger partial charge in [0.2, 0.25) is 5.91 Å². The van der Waals surface area contributed by atoms with Gasteiger partial charge in [0.25, 0.3) is 0 Å². The van der Waals surface area contributed by atoms with Crippen LogP contribution in [0.25, 0.3) is 0 Å². The molecule has 0 radical (unpaired) electrons. The molecule has 1 N–H and O–H groups in total. The Morgan fingerprint density at radius 3 is 2.61 bits per heavy atom. The number of piperazine rings is 1. The third kappa shape index (κ3) is 4.87. The number of nitrogens with one attached hydrogen (secondary N) is 1. The van der Waals surface area contributed by atoms with Gasteiger partial charge in [0.15, 0.2) is 0 Å². The monoisotopic (exact) mass is 377 g/mol. The van der Waals surface area contributed by atoms with Crippen molar-refractivity contribution in [2.24, 2.45) is 0 Å². The average Bonchev–Trinajstić information content (AvgIpc) is 2.68. The molecule has 3 rings (SSSR count). The number of amides is 1. The van der Waals surface area contributed by atoms with Gasteiger partial charge in [-0.1, -0.05) is 32.9 Å². The first kappa shape index (κ1) is 19.8. The maximum Gasteiger partial charge on any atom is 0.238 e. The Bertz CT molecular complexity index is 873. The quantitative estimate of drug-likeness (QED) is 0.887. The fourth-order valence-corrected chi connectivity index (χ4v) is 3.32. The molecule has 28 heavy (non-hydrogen) atoms. The van der Waals surface area contributed by atoms with E-state index in [1.54, 1.807) is 18.3 Å². The largest absolute Gasteiger partial charge is 0.353 e. The van der Waals surface area contributed by atoms with E-state index < -0.39 is 0 Å². The van der Waals surface area contributed by atoms with Crippen molar-refractivity contribution in [3.63, 3.8) is 0 Å². The van der Waals surface area contributed by atoms with Crippen molar-refractivity contribution in [3.05, 3.63) is 53.7 Å². The number of aromatic nitrogens is 1. The molecule has 6 heteroatoms. The molecular weight excluding hydrogens is 350 g/mol. The van der Waals surface area contributed by atoms with Crippen LogP contribution in [0.1, 0.15) is 31.9 Å². The van der Waals surface area contributed by atoms with Gasteiger partial charge < -0.3 is 10.2 Å². The molecule has 6 nitrogen and oxygen atoms in total. The number of benzene rings is 1. The van der Waals surface area contributed by atoms with E-state index in [0.717, 1.165) is 37.7 Å². The van der Waals surface area contributed by atoms with Crippen LogP contribution < -0.4 is 10.2 Å². The lowest BCUT2D eigenvalue weighted by molar-refractivity contribution is -0.117. The van der Waals surface area contributed by atoms with Crippen LogP contribution in [0.3, 0.4) is 0 Å². The molecule has 2 aromatic rings. The van der Waals surface area contributed by atoms with E-state index in [1.165, 1.54) is 5.56 Å². The van der Waals surface area contributed by atoms with E-state index in [-0.39, 0.29) is 11.3 Å². The second kappa shape index (κ2) is 8.41. The molecule has 2 heterocycles. The Morgan fingerprint density at radius 2 is 1.93 bits per heavy atom. The number of pyridine rings is 1. The molecule has 1 saturated heterocycles. The van der Waals surface area contributed by atoms with Crippen LogP contribution >= 0.6 is 0 Å². The van der Waals surface area contributed by atoms with E-state index in [1.807, 2.05) is 18.2 Å². The predicted molar refractivity (Wildman–Crippen MR) is 111 cm³/mol. The molecule has 0 aliphatic carbocycles. The molecule has 0 saturated carbocycles. The number of nitrogens with zero attached hydrogens (tertiary/aromatic N) is 4. The fourth-order valence-electron chi connectivity index (χ4n) is 3.32. The number of carbonyl (C=O) groups is 1. The maximum absolute atomic E-state index is 12.5. The Morgan fingerprint density at radius 1 is 1.18 bits per heavy atom. The third-order valence-electron chi connectivity index (χ3n) is 4.96. The summed E-state index contributed by atoms with van der Waals surface area (Å²) in [7, 11) is 0. The summed E-state index contributed by atoms with van der Waals surface area (Å²) in [6, 6.07) is 13.8. The van der Waals surface area contributed by atoms with E-state index in [0.29, 0.717) is 12.1 Å². The summed E-state index contributed by atoms with van der Waals surface area (Å²) in [5.74, 6) is 0.725. The molecule has 1 aliphatic heterocycles. The number of carbonyl (C=O) groups excluding carboxylic acids is 1. The van der Waals surface area contributed by atoms with E-state index in [4.69, 9.17) is 0 Å². The van der Waals surface area contributed by atoms with Crippen molar-refractivity contribution < 1.29 is 4.79 Å². The van der Waals surface area contributed by atoms with Gasteiger partial charge in [-0.25, -0.2) is 4.98 Å². The number of hydrogen-bond donors (Lipinski definition) is 1. The van der Waals surface area contributed by atoms with Crippen molar-refractivity contribution >= 4 is 17.4 Å². The Hall–Kier alpha value is -2.91. The first-order valence-corrected chi connectivity index (χ1v) is 9.59. The Labute approximate surface area is 166 Å². The molecule has 1 fully saturated rings. The number of rotatable bonds is 4. The van der Waals surface area contributed by atoms with Crippen LogP contribution in [0.2, 0.25) is 0 Å². The summed E-state index contributed by atoms with van der Waals surface area (Å²) in [5, 5.41) is 12.3. The van der Waals surface area contributed by atoms with Crippen LogP contribution in [0.5, 0.6) is 0 Å². The summed E-state index contributed by atoms with van der Waals surface area (Å²) in [6.07, 6.45) is 1.71. The molecule has 0 spiro atoms. The highest BCUT2D eigenvalue weighted by Gasteiger charge is 2.22. The minimum Gasteiger partial charge on any atom is -0.353 e. The lowest BCUT2D eigenvalue weighted by Gasteiger charge is -2.35. The zero-order chi connectivity index (χ0) is 20.1. The Kier molecular flexibility index (Phi) is 5.96. The first-order chi connectivity index (χ1) is 13.4. The highest BCUT2D eigenvalue weighted by Crippen LogP contribution is 2.24. The van der Waals surface area contributed by atoms with Gasteiger partial charge in [-0.05, 0) is 35.2 Å². The SMILES string of the molecule is CC(C)(C)c1cccc(NC(=O)CN2CCN(c3ncccc3C#N)CC2)c1. The molecular formula is C22H27N5O. The highest BCUT2D eigenvalue weighted by molar-refractivity contribution is 5.92. The van der Waals surface area contributed by atoms with Gasteiger partial charge in [-0.3, -0.25) is 9.69 Å². The summed E-state index contributed by atoms with van der Waals surface area (Å²) < 4.78 is 0. The van der Waals surface area contributed by atoms with Crippen molar-refractivity contribution in [2.75, 3.05) is 42.9 Å². The third-order valence-corrected chi connectivity index (χ3v) is 4.96. The van der Waals surface area contributed by atoms with Crippen molar-refractivity contribution in [1.82, 2.24) is 9.88 Å². The minimum absolute atomic E-state index is 0.00457. The number of hydrogen-bond acceptors (Lipinski definition) is 5. The average molecular weight is 377 g/mol. The van der Waals surface area contributed by atoms with Crippen LogP contribution in [0.4, 0.5) is 11.5 Å². The van der Waals surface area contributed by atoms with Gasteiger partial charge in [0, 0.05) is 38.1 Å². The van der Waals surface area contributed by atoms with Gasteiger partial charge in [0.1, 0.15) is 11.9 Å². The molecule has 1 aromatic heterocycles. The Balaban J connectivity index is 1.54. The van der Waals surface area contributed by atoms with Crippen LogP contribution in [0.15, 0.2) is 42.6 Å². The smallest absolute Gasteiger partial charge is 0.238 e. The minimum atomic E-state index is -0.00457. The standard InChI is InChI=1S/C22H27N5O/c1-22(2,3)18-7-4-8-19(14-18)25-20(28)16-26-10-12-27(13-11-26)21-17(15-23)6-5-9-24-21/h4-9,14H,10-13,16H2,1-3H3,(H,25,28). The molecule has 146 valence electrons. The lowest BCUT2D eigenvalue weighted by Crippen LogP contribution is -2.49. The molecule has 1 amide bonds. The molecule has 0 atom stereocenters. The van der Waals surface area contributed by atoms with E-state index in [2.05, 4.69) is 53.0 Å². The second-order valence-electron chi connectivity index (χ2n) is 8.13. The van der Waals surface area contributed by atoms with Gasteiger partial charge in [-0.2, -0.15) is 5.26 Å². The van der Waals surface area contributed by atoms with E-state index in [9.17, 15) is 10.1 Å². The first-order valence-electron chi connectivity index (χ1n) is 9.59. The van der Waals surface area contributed by atoms with Crippen LogP contribution in [-0.4, -0.2) is 48.5 Å². The molecule has 1 aromatic carbocycles. The van der Waals surface area contributed by atoms with Gasteiger partial charge in [-0.15, -0.1) is 0 Å². The van der Waals surface area contributed by atoms with Crippen molar-refractivity contribution in [1.29, 1.82) is 5.26 Å². The summed E-state index contributed by atoms with van der Waals surface area (Å²) in [4.78, 5) is 21.1. The molecule has 0 unspecified atom stereocenters. The van der Waals surface area contributed by atoms with Crippen LogP contribution in [0, 0.1) is 11.3 Å². The zero-order valence-electron chi connectivity index (χ0n) is 16.8. The van der Waals surface area contributed by atoms with Crippen molar-refractivity contribution in [2.45, 2.75) is 26.2 Å². The second-order valence-corrected chi connectivity index (χ2v) is 8.13. The summed E-state index contributed by atoms with van der Waals surface area (Å²) >= 11 is 0. The zero-order valence-corrected chi connectivity index (χ0v) is 16.8. The predicted octanol–water partition coefficient (Wildman–Crippen LogP) is 3.01. The van der Waals surface area contributed by atoms with Gasteiger partial charge in [0.05, 0.1) is 12.1 Å². The van der Waals surface area contributed by atoms with E-state index >= 15 is 0 Å². The maximum atomic E-state index is 12.5. The highest BCUT2D eigenvalue weighted by atomic mass is 16.2. The lowest BCUT2D eigenvalue weighted by atomic mass is 9.87. The number of nitriles is 1. The normalized spacial score (nSPS) is 15.1.